The normalized spacial score (nSPS) is 17.4. The molecule has 4 nitrogen and oxygen atoms in total. The van der Waals surface area contributed by atoms with E-state index in [1.165, 1.54) is 5.39 Å². The number of hydrogen-bond acceptors (Lipinski definition) is 4. The Kier molecular flexibility index (Phi) is 4.08. The molecule has 124 valence electrons. The summed E-state index contributed by atoms with van der Waals surface area (Å²) in [5.41, 5.74) is 1.49. The van der Waals surface area contributed by atoms with Crippen LogP contribution in [-0.2, 0) is 6.54 Å². The molecule has 3 aromatic rings. The molecule has 4 rings (SSSR count). The van der Waals surface area contributed by atoms with E-state index >= 15 is 0 Å². The van der Waals surface area contributed by atoms with Gasteiger partial charge in [0, 0.05) is 31.1 Å². The fraction of sp³-hybridized carbons (Fsp3) is 0.350. The van der Waals surface area contributed by atoms with Gasteiger partial charge in [0.15, 0.2) is 0 Å². The number of nitrogens with zero attached hydrogens (tertiary/aromatic N) is 2. The zero-order valence-corrected chi connectivity index (χ0v) is 14.0. The molecular weight excluding hydrogens is 300 g/mol. The maximum absolute atomic E-state index is 12.0. The highest BCUT2D eigenvalue weighted by atomic mass is 16.4. The van der Waals surface area contributed by atoms with Crippen molar-refractivity contribution in [3.8, 4) is 0 Å². The maximum Gasteiger partial charge on any atom is 0.336 e. The van der Waals surface area contributed by atoms with Crippen molar-refractivity contribution in [2.24, 2.45) is 0 Å². The summed E-state index contributed by atoms with van der Waals surface area (Å²) in [6, 6.07) is 13.9. The van der Waals surface area contributed by atoms with Gasteiger partial charge in [-0.3, -0.25) is 4.90 Å². The molecule has 1 aliphatic heterocycles. The topological polar surface area (TPSA) is 36.7 Å². The summed E-state index contributed by atoms with van der Waals surface area (Å²) in [6.45, 7) is 5.10. The zero-order chi connectivity index (χ0) is 16.5. The van der Waals surface area contributed by atoms with Gasteiger partial charge in [-0.05, 0) is 49.0 Å². The summed E-state index contributed by atoms with van der Waals surface area (Å²) in [5.74, 6) is 0. The largest absolute Gasteiger partial charge is 0.423 e. The molecule has 2 heterocycles. The van der Waals surface area contributed by atoms with E-state index in [1.54, 1.807) is 6.07 Å². The number of fused-ring (bicyclic) bond motifs is 3. The molecule has 1 fully saturated rings. The average molecular weight is 322 g/mol. The minimum atomic E-state index is -0.264. The molecule has 1 saturated heterocycles. The molecule has 0 saturated carbocycles. The predicted octanol–water partition coefficient (Wildman–Crippen LogP) is 3.08. The van der Waals surface area contributed by atoms with Gasteiger partial charge < -0.3 is 9.32 Å². The molecule has 2 aromatic carbocycles. The van der Waals surface area contributed by atoms with Gasteiger partial charge in [0.2, 0.25) is 0 Å². The second-order valence-corrected chi connectivity index (χ2v) is 6.68. The number of likely N-dealkylation sites (N-methyl/N-ethyl adjacent to an activating group) is 1. The van der Waals surface area contributed by atoms with Crippen LogP contribution in [-0.4, -0.2) is 43.0 Å². The molecule has 1 aromatic heterocycles. The van der Waals surface area contributed by atoms with Crippen LogP contribution in [0.2, 0.25) is 0 Å². The van der Waals surface area contributed by atoms with Gasteiger partial charge in [0.05, 0.1) is 0 Å². The molecule has 0 atom stereocenters. The number of rotatable bonds is 2. The van der Waals surface area contributed by atoms with Crippen LogP contribution in [0.1, 0.15) is 12.0 Å². The average Bonchev–Trinajstić information content (AvgIpc) is 2.78. The van der Waals surface area contributed by atoms with Crippen molar-refractivity contribution >= 4 is 21.7 Å². The van der Waals surface area contributed by atoms with Gasteiger partial charge in [-0.1, -0.05) is 30.3 Å². The van der Waals surface area contributed by atoms with Crippen LogP contribution in [0, 0.1) is 0 Å². The lowest BCUT2D eigenvalue weighted by atomic mass is 10.0. The fourth-order valence-corrected chi connectivity index (χ4v) is 3.64. The first-order valence-corrected chi connectivity index (χ1v) is 8.56. The molecule has 0 unspecified atom stereocenters. The van der Waals surface area contributed by atoms with Gasteiger partial charge in [-0.25, -0.2) is 4.79 Å². The SMILES string of the molecule is CN1CCCN(Cc2cc(=O)oc3ccc4ccccc4c23)CC1. The molecule has 0 aliphatic carbocycles. The molecule has 24 heavy (non-hydrogen) atoms. The van der Waals surface area contributed by atoms with E-state index in [-0.39, 0.29) is 5.63 Å². The van der Waals surface area contributed by atoms with E-state index < -0.39 is 0 Å². The fourth-order valence-electron chi connectivity index (χ4n) is 3.64. The summed E-state index contributed by atoms with van der Waals surface area (Å²) in [5, 5.41) is 3.40. The third-order valence-electron chi connectivity index (χ3n) is 4.92. The highest BCUT2D eigenvalue weighted by molar-refractivity contribution is 6.07. The Hall–Kier alpha value is -2.17. The van der Waals surface area contributed by atoms with E-state index in [4.69, 9.17) is 4.42 Å². The van der Waals surface area contributed by atoms with Crippen molar-refractivity contribution in [1.82, 2.24) is 9.80 Å². The first kappa shape index (κ1) is 15.4. The maximum atomic E-state index is 12.0. The number of benzene rings is 2. The summed E-state index contributed by atoms with van der Waals surface area (Å²) in [6.07, 6.45) is 1.16. The highest BCUT2D eigenvalue weighted by Gasteiger charge is 2.16. The third kappa shape index (κ3) is 2.95. The first-order chi connectivity index (χ1) is 11.7. The summed E-state index contributed by atoms with van der Waals surface area (Å²) < 4.78 is 5.46. The number of hydrogen-bond donors (Lipinski definition) is 0. The lowest BCUT2D eigenvalue weighted by molar-refractivity contribution is 0.269. The van der Waals surface area contributed by atoms with Crippen molar-refractivity contribution < 1.29 is 4.42 Å². The van der Waals surface area contributed by atoms with Gasteiger partial charge in [-0.15, -0.1) is 0 Å². The van der Waals surface area contributed by atoms with Crippen LogP contribution in [0.4, 0.5) is 0 Å². The van der Waals surface area contributed by atoms with E-state index in [0.717, 1.165) is 55.5 Å². The molecule has 1 aliphatic rings. The van der Waals surface area contributed by atoms with Gasteiger partial charge >= 0.3 is 5.63 Å². The Morgan fingerprint density at radius 1 is 1.04 bits per heavy atom. The molecule has 0 spiro atoms. The van der Waals surface area contributed by atoms with Crippen LogP contribution in [0.3, 0.4) is 0 Å². The van der Waals surface area contributed by atoms with E-state index in [2.05, 4.69) is 29.0 Å². The van der Waals surface area contributed by atoms with Gasteiger partial charge in [0.25, 0.3) is 0 Å². The summed E-state index contributed by atoms with van der Waals surface area (Å²) in [4.78, 5) is 16.8. The molecule has 0 amide bonds. The van der Waals surface area contributed by atoms with E-state index in [0.29, 0.717) is 5.58 Å². The smallest absolute Gasteiger partial charge is 0.336 e. The lowest BCUT2D eigenvalue weighted by Gasteiger charge is -2.21. The van der Waals surface area contributed by atoms with Crippen LogP contribution < -0.4 is 5.63 Å². The zero-order valence-electron chi connectivity index (χ0n) is 14.0. The first-order valence-electron chi connectivity index (χ1n) is 8.56. The summed E-state index contributed by atoms with van der Waals surface area (Å²) in [7, 11) is 2.17. The summed E-state index contributed by atoms with van der Waals surface area (Å²) >= 11 is 0. The minimum Gasteiger partial charge on any atom is -0.423 e. The lowest BCUT2D eigenvalue weighted by Crippen LogP contribution is -2.28. The standard InChI is InChI=1S/C20H22N2O2/c1-21-9-4-10-22(12-11-21)14-16-13-19(23)24-18-8-7-15-5-2-3-6-17(15)20(16)18/h2-3,5-8,13H,4,9-12,14H2,1H3. The highest BCUT2D eigenvalue weighted by Crippen LogP contribution is 2.28. The van der Waals surface area contributed by atoms with Crippen molar-refractivity contribution in [2.45, 2.75) is 13.0 Å². The predicted molar refractivity (Wildman–Crippen MR) is 97.4 cm³/mol. The van der Waals surface area contributed by atoms with E-state index in [9.17, 15) is 4.79 Å². The second-order valence-electron chi connectivity index (χ2n) is 6.68. The van der Waals surface area contributed by atoms with Crippen LogP contribution in [0.25, 0.3) is 21.7 Å². The Morgan fingerprint density at radius 3 is 2.83 bits per heavy atom. The quantitative estimate of drug-likeness (QED) is 0.537. The van der Waals surface area contributed by atoms with Crippen LogP contribution in [0.15, 0.2) is 51.7 Å². The van der Waals surface area contributed by atoms with Gasteiger partial charge in [0.1, 0.15) is 5.58 Å². The van der Waals surface area contributed by atoms with Gasteiger partial charge in [-0.2, -0.15) is 0 Å². The monoisotopic (exact) mass is 322 g/mol. The minimum absolute atomic E-state index is 0.264. The molecule has 0 bridgehead atoms. The van der Waals surface area contributed by atoms with Crippen molar-refractivity contribution in [1.29, 1.82) is 0 Å². The molecule has 4 heteroatoms. The third-order valence-corrected chi connectivity index (χ3v) is 4.92. The molecular formula is C20H22N2O2. The Labute approximate surface area is 141 Å². The van der Waals surface area contributed by atoms with Crippen molar-refractivity contribution in [3.05, 3.63) is 58.4 Å². The van der Waals surface area contributed by atoms with Crippen LogP contribution in [0.5, 0.6) is 0 Å². The van der Waals surface area contributed by atoms with Crippen LogP contribution >= 0.6 is 0 Å². The molecule has 0 N–H and O–H groups in total. The Morgan fingerprint density at radius 2 is 1.92 bits per heavy atom. The van der Waals surface area contributed by atoms with E-state index in [1.807, 2.05) is 24.3 Å². The van der Waals surface area contributed by atoms with Crippen molar-refractivity contribution in [3.63, 3.8) is 0 Å². The van der Waals surface area contributed by atoms with Crippen molar-refractivity contribution in [2.75, 3.05) is 33.2 Å². The Balaban J connectivity index is 1.81. The Bertz CT molecular complexity index is 932. The second kappa shape index (κ2) is 6.38. The molecule has 0 radical (unpaired) electrons.